The van der Waals surface area contributed by atoms with Crippen LogP contribution in [0.25, 0.3) is 0 Å². The van der Waals surface area contributed by atoms with Crippen molar-refractivity contribution in [1.29, 1.82) is 0 Å². The number of carbonyl (C=O) groups excluding carboxylic acids is 2. The number of ether oxygens (including phenoxy) is 1. The van der Waals surface area contributed by atoms with Gasteiger partial charge in [-0.3, -0.25) is 9.59 Å². The predicted octanol–water partition coefficient (Wildman–Crippen LogP) is 4.31. The Kier molecular flexibility index (Phi) is 6.57. The normalized spacial score (nSPS) is 15.5. The molecule has 1 atom stereocenters. The molecule has 148 valence electrons. The van der Waals surface area contributed by atoms with Crippen molar-refractivity contribution < 1.29 is 14.3 Å². The third-order valence-corrected chi connectivity index (χ3v) is 4.94. The van der Waals surface area contributed by atoms with Crippen molar-refractivity contribution in [2.75, 3.05) is 18.5 Å². The maximum Gasteiger partial charge on any atom is 0.255 e. The zero-order chi connectivity index (χ0) is 20.1. The van der Waals surface area contributed by atoms with Crippen molar-refractivity contribution >= 4 is 29.1 Å². The quantitative estimate of drug-likeness (QED) is 0.759. The summed E-state index contributed by atoms with van der Waals surface area (Å²) in [5.74, 6) is 0.863. The Morgan fingerprint density at radius 1 is 1.21 bits per heavy atom. The Labute approximate surface area is 170 Å². The molecule has 6 heteroatoms. The average molecular weight is 401 g/mol. The van der Waals surface area contributed by atoms with E-state index in [0.717, 1.165) is 17.7 Å². The molecule has 0 fully saturated rings. The number of hydrogen-bond donors (Lipinski definition) is 2. The van der Waals surface area contributed by atoms with Crippen molar-refractivity contribution in [3.8, 4) is 5.75 Å². The Balaban J connectivity index is 1.64. The summed E-state index contributed by atoms with van der Waals surface area (Å²) in [7, 11) is 0. The van der Waals surface area contributed by atoms with Crippen molar-refractivity contribution in [2.24, 2.45) is 11.8 Å². The monoisotopic (exact) mass is 400 g/mol. The number of carbonyl (C=O) groups is 2. The van der Waals surface area contributed by atoms with Crippen LogP contribution in [0, 0.1) is 11.8 Å². The molecule has 0 saturated heterocycles. The highest BCUT2D eigenvalue weighted by atomic mass is 35.5. The van der Waals surface area contributed by atoms with Gasteiger partial charge >= 0.3 is 0 Å². The topological polar surface area (TPSA) is 67.4 Å². The van der Waals surface area contributed by atoms with E-state index < -0.39 is 0 Å². The van der Waals surface area contributed by atoms with Gasteiger partial charge in [0.25, 0.3) is 5.91 Å². The third-order valence-electron chi connectivity index (χ3n) is 4.70. The van der Waals surface area contributed by atoms with Crippen molar-refractivity contribution in [3.05, 3.63) is 58.6 Å². The number of nitrogens with one attached hydrogen (secondary N) is 2. The molecule has 2 aromatic rings. The van der Waals surface area contributed by atoms with Crippen molar-refractivity contribution in [2.45, 2.75) is 26.7 Å². The summed E-state index contributed by atoms with van der Waals surface area (Å²) in [5, 5.41) is 6.37. The van der Waals surface area contributed by atoms with Crippen LogP contribution in [0.4, 0.5) is 5.69 Å². The molecule has 0 saturated carbocycles. The van der Waals surface area contributed by atoms with Gasteiger partial charge < -0.3 is 15.4 Å². The van der Waals surface area contributed by atoms with E-state index in [4.69, 9.17) is 16.3 Å². The van der Waals surface area contributed by atoms with Gasteiger partial charge in [0.15, 0.2) is 0 Å². The fourth-order valence-electron chi connectivity index (χ4n) is 3.10. The molecule has 0 unspecified atom stereocenters. The van der Waals surface area contributed by atoms with E-state index in [2.05, 4.69) is 24.5 Å². The first-order chi connectivity index (χ1) is 13.4. The van der Waals surface area contributed by atoms with Gasteiger partial charge in [0.1, 0.15) is 12.4 Å². The zero-order valence-corrected chi connectivity index (χ0v) is 16.9. The fourth-order valence-corrected chi connectivity index (χ4v) is 3.29. The van der Waals surface area contributed by atoms with Crippen LogP contribution in [0.5, 0.6) is 5.75 Å². The predicted molar refractivity (Wildman–Crippen MR) is 111 cm³/mol. The minimum atomic E-state index is -0.234. The van der Waals surface area contributed by atoms with E-state index in [9.17, 15) is 9.59 Å². The van der Waals surface area contributed by atoms with Crippen LogP contribution < -0.4 is 15.4 Å². The van der Waals surface area contributed by atoms with Gasteiger partial charge in [-0.2, -0.15) is 0 Å². The Bertz CT molecular complexity index is 867. The van der Waals surface area contributed by atoms with Gasteiger partial charge in [0.2, 0.25) is 5.91 Å². The maximum absolute atomic E-state index is 12.4. The van der Waals surface area contributed by atoms with Crippen LogP contribution in [0.1, 0.15) is 36.2 Å². The van der Waals surface area contributed by atoms with Gasteiger partial charge in [-0.05, 0) is 60.7 Å². The molecule has 0 aliphatic carbocycles. The van der Waals surface area contributed by atoms with Crippen LogP contribution >= 0.6 is 11.6 Å². The fraction of sp³-hybridized carbons (Fsp3) is 0.364. The lowest BCUT2D eigenvalue weighted by Gasteiger charge is -2.25. The summed E-state index contributed by atoms with van der Waals surface area (Å²) in [6, 6.07) is 12.3. The molecule has 5 nitrogen and oxygen atoms in total. The highest BCUT2D eigenvalue weighted by molar-refractivity contribution is 6.31. The summed E-state index contributed by atoms with van der Waals surface area (Å²) in [5.41, 5.74) is 2.07. The van der Waals surface area contributed by atoms with Gasteiger partial charge in [-0.25, -0.2) is 0 Å². The number of amides is 2. The Hall–Kier alpha value is -2.53. The number of fused-ring (bicyclic) bond motifs is 1. The highest BCUT2D eigenvalue weighted by Crippen LogP contribution is 2.30. The number of halogens is 1. The van der Waals surface area contributed by atoms with E-state index in [1.54, 1.807) is 30.3 Å². The molecule has 0 bridgehead atoms. The Morgan fingerprint density at radius 2 is 2.04 bits per heavy atom. The molecule has 0 spiro atoms. The van der Waals surface area contributed by atoms with Crippen LogP contribution in [0.2, 0.25) is 5.02 Å². The molecule has 2 amide bonds. The van der Waals surface area contributed by atoms with Gasteiger partial charge in [0.05, 0.1) is 5.92 Å². The van der Waals surface area contributed by atoms with E-state index in [0.29, 0.717) is 41.8 Å². The lowest BCUT2D eigenvalue weighted by Crippen LogP contribution is -2.38. The number of hydrogen-bond acceptors (Lipinski definition) is 3. The maximum atomic E-state index is 12.4. The second kappa shape index (κ2) is 9.11. The molecule has 28 heavy (non-hydrogen) atoms. The van der Waals surface area contributed by atoms with Crippen LogP contribution in [0.3, 0.4) is 0 Å². The molecular formula is C22H25ClN2O3. The molecule has 2 aromatic carbocycles. The second-order valence-electron chi connectivity index (χ2n) is 7.47. The van der Waals surface area contributed by atoms with E-state index in [1.807, 2.05) is 12.1 Å². The van der Waals surface area contributed by atoms with Crippen LogP contribution in [-0.2, 0) is 11.2 Å². The molecule has 3 rings (SSSR count). The summed E-state index contributed by atoms with van der Waals surface area (Å²) in [6.45, 7) is 5.31. The van der Waals surface area contributed by atoms with Gasteiger partial charge in [-0.1, -0.05) is 31.5 Å². The van der Waals surface area contributed by atoms with E-state index in [1.165, 1.54) is 0 Å². The number of rotatable bonds is 6. The summed E-state index contributed by atoms with van der Waals surface area (Å²) in [6.07, 6.45) is 1.54. The third kappa shape index (κ3) is 5.26. The lowest BCUT2D eigenvalue weighted by atomic mass is 9.95. The van der Waals surface area contributed by atoms with Crippen LogP contribution in [-0.4, -0.2) is 25.0 Å². The summed E-state index contributed by atoms with van der Waals surface area (Å²) < 4.78 is 5.75. The highest BCUT2D eigenvalue weighted by Gasteiger charge is 2.26. The van der Waals surface area contributed by atoms with Gasteiger partial charge in [0, 0.05) is 22.8 Å². The zero-order valence-electron chi connectivity index (χ0n) is 16.1. The molecule has 1 aliphatic rings. The first kappa shape index (κ1) is 20.2. The smallest absolute Gasteiger partial charge is 0.255 e. The van der Waals surface area contributed by atoms with E-state index in [-0.39, 0.29) is 17.7 Å². The number of benzene rings is 2. The largest absolute Gasteiger partial charge is 0.492 e. The molecule has 0 aromatic heterocycles. The minimum Gasteiger partial charge on any atom is -0.492 e. The van der Waals surface area contributed by atoms with E-state index >= 15 is 0 Å². The standard InChI is InChI=1S/C22H25ClN2O3/c1-14(2)8-9-24-21(26)17-10-16-12-19(6-7-20(16)28-13-17)25-22(27)15-4-3-5-18(23)11-15/h3-7,11-12,14,17H,8-10,13H2,1-2H3,(H,24,26)(H,25,27)/t17-/m1/s1. The summed E-state index contributed by atoms with van der Waals surface area (Å²) in [4.78, 5) is 24.8. The average Bonchev–Trinajstić information content (AvgIpc) is 2.67. The first-order valence-electron chi connectivity index (χ1n) is 9.52. The molecule has 1 heterocycles. The van der Waals surface area contributed by atoms with Crippen molar-refractivity contribution in [3.63, 3.8) is 0 Å². The minimum absolute atomic E-state index is 0.0136. The van der Waals surface area contributed by atoms with Crippen LogP contribution in [0.15, 0.2) is 42.5 Å². The molecule has 0 radical (unpaired) electrons. The second-order valence-corrected chi connectivity index (χ2v) is 7.91. The van der Waals surface area contributed by atoms with Crippen molar-refractivity contribution in [1.82, 2.24) is 5.32 Å². The molecular weight excluding hydrogens is 376 g/mol. The SMILES string of the molecule is CC(C)CCNC(=O)[C@H]1COc2ccc(NC(=O)c3cccc(Cl)c3)cc2C1. The number of anilines is 1. The summed E-state index contributed by atoms with van der Waals surface area (Å²) >= 11 is 5.95. The molecule has 1 aliphatic heterocycles. The van der Waals surface area contributed by atoms with Gasteiger partial charge in [-0.15, -0.1) is 0 Å². The molecule has 2 N–H and O–H groups in total. The first-order valence-corrected chi connectivity index (χ1v) is 9.90. The Morgan fingerprint density at radius 3 is 2.79 bits per heavy atom. The lowest BCUT2D eigenvalue weighted by molar-refractivity contribution is -0.126.